The third kappa shape index (κ3) is 2.57. The van der Waals surface area contributed by atoms with Gasteiger partial charge in [-0.15, -0.1) is 0 Å². The second kappa shape index (κ2) is 5.22. The van der Waals surface area contributed by atoms with Crippen LogP contribution in [0.5, 0.6) is 5.75 Å². The van der Waals surface area contributed by atoms with Crippen molar-refractivity contribution in [1.29, 1.82) is 0 Å². The number of ether oxygens (including phenoxy) is 1. The Morgan fingerprint density at radius 2 is 2.00 bits per heavy atom. The molecule has 0 spiro atoms. The maximum absolute atomic E-state index is 12.0. The largest absolute Gasteiger partial charge is 0.477 e. The van der Waals surface area contributed by atoms with Crippen LogP contribution in [0.15, 0.2) is 48.5 Å². The van der Waals surface area contributed by atoms with Crippen LogP contribution in [-0.4, -0.2) is 11.9 Å². The summed E-state index contributed by atoms with van der Waals surface area (Å²) in [5.74, 6) is 6.85. The molecule has 0 unspecified atom stereocenters. The third-order valence-electron chi connectivity index (χ3n) is 3.22. The van der Waals surface area contributed by atoms with E-state index in [0.717, 1.165) is 5.56 Å². The van der Waals surface area contributed by atoms with E-state index >= 15 is 0 Å². The van der Waals surface area contributed by atoms with E-state index in [2.05, 4.69) is 11.8 Å². The van der Waals surface area contributed by atoms with Crippen molar-refractivity contribution in [3.05, 3.63) is 65.2 Å². The van der Waals surface area contributed by atoms with E-state index in [4.69, 9.17) is 4.74 Å². The summed E-state index contributed by atoms with van der Waals surface area (Å²) in [7, 11) is 0. The molecule has 0 aromatic heterocycles. The first-order chi connectivity index (χ1) is 9.72. The van der Waals surface area contributed by atoms with Gasteiger partial charge in [-0.05, 0) is 36.8 Å². The molecule has 2 heteroatoms. The predicted molar refractivity (Wildman–Crippen MR) is 77.9 cm³/mol. The molecule has 0 amide bonds. The summed E-state index contributed by atoms with van der Waals surface area (Å²) in [6.45, 7) is 2.03. The first-order valence-electron chi connectivity index (χ1n) is 6.59. The van der Waals surface area contributed by atoms with Gasteiger partial charge in [-0.2, -0.15) is 0 Å². The number of ketones is 1. The molecular formula is C18H14O2. The molecule has 1 aliphatic rings. The first-order valence-corrected chi connectivity index (χ1v) is 6.59. The zero-order valence-corrected chi connectivity index (χ0v) is 11.2. The van der Waals surface area contributed by atoms with Gasteiger partial charge in [0, 0.05) is 5.56 Å². The van der Waals surface area contributed by atoms with Crippen LogP contribution in [0.25, 0.3) is 0 Å². The van der Waals surface area contributed by atoms with Crippen LogP contribution in [0.1, 0.15) is 27.9 Å². The van der Waals surface area contributed by atoms with E-state index in [1.54, 1.807) is 6.07 Å². The fourth-order valence-corrected chi connectivity index (χ4v) is 2.24. The Balaban J connectivity index is 1.83. The molecule has 0 saturated carbocycles. The van der Waals surface area contributed by atoms with Gasteiger partial charge < -0.3 is 4.74 Å². The molecule has 3 rings (SSSR count). The second-order valence-electron chi connectivity index (χ2n) is 4.87. The van der Waals surface area contributed by atoms with Gasteiger partial charge in [-0.1, -0.05) is 36.1 Å². The zero-order chi connectivity index (χ0) is 13.9. The monoisotopic (exact) mass is 262 g/mol. The highest BCUT2D eigenvalue weighted by molar-refractivity contribution is 6.00. The lowest BCUT2D eigenvalue weighted by molar-refractivity contribution is 0.0900. The molecule has 0 fully saturated rings. The molecule has 98 valence electrons. The highest BCUT2D eigenvalue weighted by atomic mass is 16.5. The van der Waals surface area contributed by atoms with Crippen LogP contribution in [0.3, 0.4) is 0 Å². The maximum atomic E-state index is 12.0. The number of aryl methyl sites for hydroxylation is 1. The number of para-hydroxylation sites is 1. The number of fused-ring (bicyclic) bond motifs is 1. The topological polar surface area (TPSA) is 26.3 Å². The fraction of sp³-hybridized carbons (Fsp3) is 0.167. The van der Waals surface area contributed by atoms with Crippen molar-refractivity contribution >= 4 is 5.78 Å². The summed E-state index contributed by atoms with van der Waals surface area (Å²) in [5, 5.41) is 0. The van der Waals surface area contributed by atoms with Crippen molar-refractivity contribution in [2.75, 3.05) is 0 Å². The molecule has 0 radical (unpaired) electrons. The minimum atomic E-state index is -0.363. The van der Waals surface area contributed by atoms with E-state index in [-0.39, 0.29) is 11.9 Å². The lowest BCUT2D eigenvalue weighted by Gasteiger charge is -2.21. The van der Waals surface area contributed by atoms with E-state index < -0.39 is 0 Å². The standard InChI is InChI=1S/C18H14O2/c1-13-5-4-6-14(11-13)9-10-15-12-17(19)16-7-2-3-8-18(16)20-15/h2-8,11,15H,12H2,1H3/t15-/m0/s1. The average Bonchev–Trinajstić information content (AvgIpc) is 2.45. The van der Waals surface area contributed by atoms with E-state index in [1.807, 2.05) is 49.4 Å². The summed E-state index contributed by atoms with van der Waals surface area (Å²) >= 11 is 0. The molecular weight excluding hydrogens is 248 g/mol. The molecule has 1 aliphatic heterocycles. The number of rotatable bonds is 0. The van der Waals surface area contributed by atoms with Crippen LogP contribution in [0.4, 0.5) is 0 Å². The molecule has 1 atom stereocenters. The summed E-state index contributed by atoms with van der Waals surface area (Å²) in [6.07, 6.45) is -0.0477. The fourth-order valence-electron chi connectivity index (χ4n) is 2.24. The van der Waals surface area contributed by atoms with Gasteiger partial charge in [-0.25, -0.2) is 0 Å². The number of hydrogen-bond donors (Lipinski definition) is 0. The highest BCUT2D eigenvalue weighted by Crippen LogP contribution is 2.26. The summed E-state index contributed by atoms with van der Waals surface area (Å²) in [5.41, 5.74) is 2.77. The van der Waals surface area contributed by atoms with Gasteiger partial charge in [0.25, 0.3) is 0 Å². The summed E-state index contributed by atoms with van der Waals surface area (Å²) in [6, 6.07) is 15.3. The number of Topliss-reactive ketones (excluding diaryl/α,β-unsaturated/α-hetero) is 1. The van der Waals surface area contributed by atoms with Crippen molar-refractivity contribution in [2.45, 2.75) is 19.4 Å². The molecule has 2 aromatic rings. The Bertz CT molecular complexity index is 719. The third-order valence-corrected chi connectivity index (χ3v) is 3.22. The number of carbonyl (C=O) groups excluding carboxylic acids is 1. The van der Waals surface area contributed by atoms with Crippen LogP contribution in [0, 0.1) is 18.8 Å². The second-order valence-corrected chi connectivity index (χ2v) is 4.87. The van der Waals surface area contributed by atoms with Crippen molar-refractivity contribution in [3.8, 4) is 17.6 Å². The first kappa shape index (κ1) is 12.5. The van der Waals surface area contributed by atoms with E-state index in [9.17, 15) is 4.79 Å². The molecule has 2 aromatic carbocycles. The van der Waals surface area contributed by atoms with Gasteiger partial charge in [0.05, 0.1) is 12.0 Å². The van der Waals surface area contributed by atoms with Crippen LogP contribution < -0.4 is 4.74 Å². The van der Waals surface area contributed by atoms with Crippen LogP contribution in [-0.2, 0) is 0 Å². The van der Waals surface area contributed by atoms with Crippen molar-refractivity contribution in [3.63, 3.8) is 0 Å². The van der Waals surface area contributed by atoms with Gasteiger partial charge in [0.2, 0.25) is 0 Å². The lowest BCUT2D eigenvalue weighted by Crippen LogP contribution is -2.25. The molecule has 0 saturated heterocycles. The number of hydrogen-bond acceptors (Lipinski definition) is 2. The van der Waals surface area contributed by atoms with Crippen LogP contribution in [0.2, 0.25) is 0 Å². The minimum Gasteiger partial charge on any atom is -0.477 e. The van der Waals surface area contributed by atoms with Gasteiger partial charge in [0.1, 0.15) is 5.75 Å². The van der Waals surface area contributed by atoms with E-state index in [0.29, 0.717) is 17.7 Å². The minimum absolute atomic E-state index is 0.0930. The van der Waals surface area contributed by atoms with Gasteiger partial charge in [0.15, 0.2) is 11.9 Å². The highest BCUT2D eigenvalue weighted by Gasteiger charge is 2.24. The molecule has 2 nitrogen and oxygen atoms in total. The zero-order valence-electron chi connectivity index (χ0n) is 11.2. The molecule has 0 bridgehead atoms. The van der Waals surface area contributed by atoms with Gasteiger partial charge >= 0.3 is 0 Å². The Labute approximate surface area is 118 Å². The molecule has 20 heavy (non-hydrogen) atoms. The Morgan fingerprint density at radius 3 is 2.85 bits per heavy atom. The van der Waals surface area contributed by atoms with Crippen molar-refractivity contribution < 1.29 is 9.53 Å². The molecule has 0 aliphatic carbocycles. The Kier molecular flexibility index (Phi) is 3.26. The predicted octanol–water partition coefficient (Wildman–Crippen LogP) is 3.38. The van der Waals surface area contributed by atoms with Gasteiger partial charge in [-0.3, -0.25) is 4.79 Å². The maximum Gasteiger partial charge on any atom is 0.171 e. The van der Waals surface area contributed by atoms with E-state index in [1.165, 1.54) is 5.56 Å². The number of benzene rings is 2. The lowest BCUT2D eigenvalue weighted by atomic mass is 10.0. The van der Waals surface area contributed by atoms with Crippen molar-refractivity contribution in [1.82, 2.24) is 0 Å². The average molecular weight is 262 g/mol. The van der Waals surface area contributed by atoms with Crippen LogP contribution >= 0.6 is 0 Å². The molecule has 1 heterocycles. The normalized spacial score (nSPS) is 16.6. The quantitative estimate of drug-likeness (QED) is 0.680. The van der Waals surface area contributed by atoms with Crippen molar-refractivity contribution in [2.24, 2.45) is 0 Å². The molecule has 0 N–H and O–H groups in total. The smallest absolute Gasteiger partial charge is 0.171 e. The Hall–Kier alpha value is -2.53. The number of carbonyl (C=O) groups is 1. The summed E-state index contributed by atoms with van der Waals surface area (Å²) in [4.78, 5) is 12.0. The Morgan fingerprint density at radius 1 is 1.15 bits per heavy atom. The summed E-state index contributed by atoms with van der Waals surface area (Å²) < 4.78 is 5.76. The SMILES string of the molecule is Cc1cccc(C#C[C@H]2CC(=O)c3ccccc3O2)c1.